The van der Waals surface area contributed by atoms with E-state index in [1.807, 2.05) is 39.0 Å². The van der Waals surface area contributed by atoms with Crippen LogP contribution < -0.4 is 10.1 Å². The second kappa shape index (κ2) is 9.94. The van der Waals surface area contributed by atoms with Gasteiger partial charge in [-0.05, 0) is 81.6 Å². The van der Waals surface area contributed by atoms with E-state index in [1.54, 1.807) is 19.1 Å². The minimum absolute atomic E-state index is 0.222. The number of hydrogen-bond donors (Lipinski definition) is 2. The largest absolute Gasteiger partial charge is 0.496 e. The average molecular weight is 462 g/mol. The first-order chi connectivity index (χ1) is 16.2. The zero-order chi connectivity index (χ0) is 24.3. The van der Waals surface area contributed by atoms with Crippen molar-refractivity contribution in [3.63, 3.8) is 0 Å². The number of aromatic amines is 1. The molecule has 0 aliphatic carbocycles. The Morgan fingerprint density at radius 2 is 1.94 bits per heavy atom. The molecule has 1 unspecified atom stereocenters. The molecule has 0 bridgehead atoms. The van der Waals surface area contributed by atoms with Crippen LogP contribution in [0.3, 0.4) is 0 Å². The van der Waals surface area contributed by atoms with Gasteiger partial charge in [-0.15, -0.1) is 0 Å². The predicted octanol–water partition coefficient (Wildman–Crippen LogP) is 5.85. The van der Waals surface area contributed by atoms with Crippen molar-refractivity contribution in [1.82, 2.24) is 15.2 Å². The van der Waals surface area contributed by atoms with E-state index in [2.05, 4.69) is 46.7 Å². The lowest BCUT2D eigenvalue weighted by molar-refractivity contribution is 0.0295. The Hall–Kier alpha value is -3.25. The molecule has 1 amide bonds. The van der Waals surface area contributed by atoms with Gasteiger partial charge in [-0.3, -0.25) is 0 Å². The Kier molecular flexibility index (Phi) is 6.98. The van der Waals surface area contributed by atoms with Gasteiger partial charge in [0.15, 0.2) is 0 Å². The number of carbonyl (C=O) groups excluding carboxylic acids is 1. The smallest absolute Gasteiger partial charge is 0.410 e. The summed E-state index contributed by atoms with van der Waals surface area (Å²) in [6.45, 7) is 7.21. The Labute approximate surface area is 201 Å². The van der Waals surface area contributed by atoms with Gasteiger partial charge in [0, 0.05) is 36.1 Å². The van der Waals surface area contributed by atoms with E-state index in [-0.39, 0.29) is 12.1 Å². The fourth-order valence-corrected chi connectivity index (χ4v) is 4.31. The van der Waals surface area contributed by atoms with Crippen LogP contribution in [0.2, 0.25) is 0 Å². The lowest BCUT2D eigenvalue weighted by Crippen LogP contribution is -2.38. The number of nitrogens with one attached hydrogen (secondary N) is 2. The molecule has 1 aliphatic rings. The summed E-state index contributed by atoms with van der Waals surface area (Å²) in [5.74, 6) is 0.856. The van der Waals surface area contributed by atoms with Crippen LogP contribution in [0.5, 0.6) is 5.75 Å². The average Bonchev–Trinajstić information content (AvgIpc) is 3.25. The molecule has 0 saturated carbocycles. The highest BCUT2D eigenvalue weighted by Crippen LogP contribution is 2.33. The monoisotopic (exact) mass is 461 g/mol. The van der Waals surface area contributed by atoms with Crippen LogP contribution in [0, 0.1) is 0 Å². The minimum Gasteiger partial charge on any atom is -0.496 e. The molecule has 34 heavy (non-hydrogen) atoms. The van der Waals surface area contributed by atoms with Crippen LogP contribution in [0.25, 0.3) is 27.7 Å². The number of fused-ring (bicyclic) bond motifs is 1. The summed E-state index contributed by atoms with van der Waals surface area (Å²) < 4.78 is 11.0. The molecule has 2 aromatic carbocycles. The summed E-state index contributed by atoms with van der Waals surface area (Å²) >= 11 is 0. The number of ether oxygens (including phenoxy) is 2. The van der Waals surface area contributed by atoms with Crippen molar-refractivity contribution in [2.24, 2.45) is 0 Å². The molecule has 1 aromatic heterocycles. The van der Waals surface area contributed by atoms with E-state index in [1.165, 1.54) is 16.5 Å². The Balaban J connectivity index is 1.48. The number of carbonyl (C=O) groups is 1. The second-order valence-electron chi connectivity index (χ2n) is 9.88. The summed E-state index contributed by atoms with van der Waals surface area (Å²) in [4.78, 5) is 17.4. The van der Waals surface area contributed by atoms with Gasteiger partial charge in [0.25, 0.3) is 0 Å². The minimum atomic E-state index is -0.482. The summed E-state index contributed by atoms with van der Waals surface area (Å²) in [6, 6.07) is 17.1. The van der Waals surface area contributed by atoms with Gasteiger partial charge in [-0.2, -0.15) is 0 Å². The van der Waals surface area contributed by atoms with E-state index in [0.29, 0.717) is 6.54 Å². The molecule has 3 aromatic rings. The van der Waals surface area contributed by atoms with Gasteiger partial charge in [0.1, 0.15) is 11.4 Å². The third-order valence-electron chi connectivity index (χ3n) is 6.07. The third kappa shape index (κ3) is 5.62. The molecule has 180 valence electrons. The molecule has 2 heterocycles. The molecular formula is C28H35N3O3. The SMILES string of the molecule is COc1ccccc1-c1cc2cc(C3=CC(CCN(C)C(=O)OC(C)(C)C)NCC3)ccc2[nH]1. The third-order valence-corrected chi connectivity index (χ3v) is 6.07. The van der Waals surface area contributed by atoms with Crippen LogP contribution in [0.15, 0.2) is 54.6 Å². The van der Waals surface area contributed by atoms with Crippen LogP contribution >= 0.6 is 0 Å². The van der Waals surface area contributed by atoms with Gasteiger partial charge in [0.2, 0.25) is 0 Å². The second-order valence-corrected chi connectivity index (χ2v) is 9.88. The Morgan fingerprint density at radius 1 is 1.15 bits per heavy atom. The van der Waals surface area contributed by atoms with Crippen molar-refractivity contribution >= 4 is 22.6 Å². The molecule has 2 N–H and O–H groups in total. The van der Waals surface area contributed by atoms with Crippen molar-refractivity contribution in [1.29, 1.82) is 0 Å². The lowest BCUT2D eigenvalue weighted by Gasteiger charge is -2.27. The molecule has 6 heteroatoms. The van der Waals surface area contributed by atoms with Crippen LogP contribution in [0.1, 0.15) is 39.2 Å². The standard InChI is InChI=1S/C28H35N3O3/c1-28(2,3)34-27(32)31(4)15-13-22-17-20(12-14-29-22)19-10-11-24-21(16-19)18-25(30-24)23-8-6-7-9-26(23)33-5/h6-11,16-18,22,29-30H,12-15H2,1-5H3. The van der Waals surface area contributed by atoms with E-state index in [9.17, 15) is 4.79 Å². The first kappa shape index (κ1) is 23.9. The number of nitrogens with zero attached hydrogens (tertiary/aromatic N) is 1. The molecular weight excluding hydrogens is 426 g/mol. The summed E-state index contributed by atoms with van der Waals surface area (Å²) in [5.41, 5.74) is 5.31. The number of hydrogen-bond acceptors (Lipinski definition) is 4. The van der Waals surface area contributed by atoms with Gasteiger partial charge >= 0.3 is 6.09 Å². The van der Waals surface area contributed by atoms with Gasteiger partial charge in [-0.1, -0.05) is 24.3 Å². The maximum absolute atomic E-state index is 12.2. The Bertz CT molecular complexity index is 1190. The molecule has 0 spiro atoms. The number of aromatic nitrogens is 1. The number of rotatable bonds is 6. The molecule has 4 rings (SSSR count). The zero-order valence-corrected chi connectivity index (χ0v) is 20.8. The fraction of sp³-hybridized carbons (Fsp3) is 0.393. The molecule has 6 nitrogen and oxygen atoms in total. The van der Waals surface area contributed by atoms with E-state index in [4.69, 9.17) is 9.47 Å². The molecule has 0 saturated heterocycles. The van der Waals surface area contributed by atoms with Gasteiger partial charge < -0.3 is 24.7 Å². The summed E-state index contributed by atoms with van der Waals surface area (Å²) in [6.07, 6.45) is 3.84. The van der Waals surface area contributed by atoms with E-state index < -0.39 is 5.60 Å². The highest BCUT2D eigenvalue weighted by molar-refractivity contribution is 5.89. The van der Waals surface area contributed by atoms with Crippen molar-refractivity contribution in [2.75, 3.05) is 27.2 Å². The summed E-state index contributed by atoms with van der Waals surface area (Å²) in [7, 11) is 3.49. The first-order valence-electron chi connectivity index (χ1n) is 11.9. The van der Waals surface area contributed by atoms with Crippen molar-refractivity contribution in [3.8, 4) is 17.0 Å². The maximum atomic E-state index is 12.2. The lowest BCUT2D eigenvalue weighted by atomic mass is 9.95. The highest BCUT2D eigenvalue weighted by atomic mass is 16.6. The van der Waals surface area contributed by atoms with Crippen molar-refractivity contribution in [2.45, 2.75) is 45.3 Å². The van der Waals surface area contributed by atoms with E-state index in [0.717, 1.165) is 41.9 Å². The van der Waals surface area contributed by atoms with Crippen molar-refractivity contribution < 1.29 is 14.3 Å². The number of benzene rings is 2. The molecule has 1 atom stereocenters. The van der Waals surface area contributed by atoms with Crippen molar-refractivity contribution in [3.05, 3.63) is 60.2 Å². The van der Waals surface area contributed by atoms with Crippen LogP contribution in [-0.2, 0) is 4.74 Å². The van der Waals surface area contributed by atoms with Gasteiger partial charge in [-0.25, -0.2) is 4.79 Å². The number of amides is 1. The predicted molar refractivity (Wildman–Crippen MR) is 138 cm³/mol. The number of methoxy groups -OCH3 is 1. The fourth-order valence-electron chi connectivity index (χ4n) is 4.31. The quantitative estimate of drug-likeness (QED) is 0.484. The van der Waals surface area contributed by atoms with Crippen LogP contribution in [0.4, 0.5) is 4.79 Å². The zero-order valence-electron chi connectivity index (χ0n) is 20.8. The maximum Gasteiger partial charge on any atom is 0.410 e. The van der Waals surface area contributed by atoms with Gasteiger partial charge in [0.05, 0.1) is 12.8 Å². The number of H-pyrrole nitrogens is 1. The summed E-state index contributed by atoms with van der Waals surface area (Å²) in [5, 5.41) is 4.74. The normalized spacial score (nSPS) is 16.3. The van der Waals surface area contributed by atoms with Crippen LogP contribution in [-0.4, -0.2) is 54.9 Å². The van der Waals surface area contributed by atoms with E-state index >= 15 is 0 Å². The molecule has 0 fully saturated rings. The molecule has 1 aliphatic heterocycles. The number of para-hydroxylation sites is 1. The molecule has 0 radical (unpaired) electrons. The Morgan fingerprint density at radius 3 is 2.71 bits per heavy atom. The first-order valence-corrected chi connectivity index (χ1v) is 11.9. The highest BCUT2D eigenvalue weighted by Gasteiger charge is 2.21. The topological polar surface area (TPSA) is 66.6 Å².